The van der Waals surface area contributed by atoms with Crippen LogP contribution in [0.5, 0.6) is 0 Å². The number of rotatable bonds is 6. The van der Waals surface area contributed by atoms with Gasteiger partial charge in [-0.05, 0) is 17.5 Å². The van der Waals surface area contributed by atoms with E-state index in [1.807, 2.05) is 72.8 Å². The van der Waals surface area contributed by atoms with Gasteiger partial charge in [0.1, 0.15) is 0 Å². The summed E-state index contributed by atoms with van der Waals surface area (Å²) < 4.78 is 0. The number of hydrogen-bond donors (Lipinski definition) is 1. The van der Waals surface area contributed by atoms with Gasteiger partial charge in [-0.15, -0.1) is 0 Å². The van der Waals surface area contributed by atoms with Crippen molar-refractivity contribution in [1.29, 1.82) is 0 Å². The molecule has 0 spiro atoms. The number of aryl methyl sites for hydroxylation is 1. The van der Waals surface area contributed by atoms with Gasteiger partial charge >= 0.3 is 0 Å². The van der Waals surface area contributed by atoms with Gasteiger partial charge in [0.25, 0.3) is 0 Å². The van der Waals surface area contributed by atoms with Gasteiger partial charge < -0.3 is 0 Å². The molecule has 2 aromatic carbocycles. The second-order valence-electron chi connectivity index (χ2n) is 5.62. The van der Waals surface area contributed by atoms with Crippen molar-refractivity contribution in [3.8, 4) is 0 Å². The molecule has 1 aromatic heterocycles. The quantitative estimate of drug-likeness (QED) is 0.737. The van der Waals surface area contributed by atoms with Gasteiger partial charge in [-0.3, -0.25) is 10.1 Å². The average Bonchev–Trinajstić information content (AvgIpc) is 2.67. The zero-order valence-electron chi connectivity index (χ0n) is 13.8. The predicted molar refractivity (Wildman–Crippen MR) is 101 cm³/mol. The van der Waals surface area contributed by atoms with E-state index in [9.17, 15) is 4.79 Å². The predicted octanol–water partition coefficient (Wildman–Crippen LogP) is 4.22. The van der Waals surface area contributed by atoms with Crippen LogP contribution in [0.15, 0.2) is 73.1 Å². The number of benzene rings is 2. The zero-order valence-corrected chi connectivity index (χ0v) is 13.8. The van der Waals surface area contributed by atoms with Crippen molar-refractivity contribution < 1.29 is 4.79 Å². The summed E-state index contributed by atoms with van der Waals surface area (Å²) in [6.07, 6.45) is 8.43. The molecule has 1 amide bonds. The maximum absolute atomic E-state index is 12.0. The Labute approximate surface area is 147 Å². The van der Waals surface area contributed by atoms with Gasteiger partial charge in [0.15, 0.2) is 0 Å². The van der Waals surface area contributed by atoms with E-state index in [0.717, 1.165) is 16.7 Å². The summed E-state index contributed by atoms with van der Waals surface area (Å²) >= 11 is 0. The van der Waals surface area contributed by atoms with E-state index in [-0.39, 0.29) is 5.91 Å². The molecule has 4 heteroatoms. The lowest BCUT2D eigenvalue weighted by atomic mass is 10.1. The lowest BCUT2D eigenvalue weighted by Gasteiger charge is -2.04. The average molecular weight is 329 g/mol. The highest BCUT2D eigenvalue weighted by molar-refractivity contribution is 5.89. The molecule has 0 atom stereocenters. The monoisotopic (exact) mass is 329 g/mol. The first kappa shape index (κ1) is 16.6. The molecule has 0 fully saturated rings. The lowest BCUT2D eigenvalue weighted by molar-refractivity contribution is -0.116. The molecule has 0 aliphatic heterocycles. The van der Waals surface area contributed by atoms with Crippen LogP contribution in [0.25, 0.3) is 12.2 Å². The topological polar surface area (TPSA) is 54.9 Å². The smallest absolute Gasteiger partial charge is 0.229 e. The summed E-state index contributed by atoms with van der Waals surface area (Å²) in [6, 6.07) is 19.9. The largest absolute Gasteiger partial charge is 0.295 e. The molecule has 0 saturated heterocycles. The van der Waals surface area contributed by atoms with E-state index in [4.69, 9.17) is 0 Å². The van der Waals surface area contributed by atoms with Crippen LogP contribution >= 0.6 is 0 Å². The van der Waals surface area contributed by atoms with Crippen LogP contribution in [0.2, 0.25) is 0 Å². The third-order valence-electron chi connectivity index (χ3n) is 3.67. The van der Waals surface area contributed by atoms with Gasteiger partial charge in [0.05, 0.1) is 0 Å². The van der Waals surface area contributed by atoms with E-state index in [2.05, 4.69) is 15.3 Å². The van der Waals surface area contributed by atoms with Crippen molar-refractivity contribution in [3.63, 3.8) is 0 Å². The number of hydrogen-bond acceptors (Lipinski definition) is 3. The fourth-order valence-electron chi connectivity index (χ4n) is 2.33. The Kier molecular flexibility index (Phi) is 5.67. The number of nitrogens with one attached hydrogen (secondary N) is 1. The van der Waals surface area contributed by atoms with Crippen LogP contribution in [-0.4, -0.2) is 15.9 Å². The van der Waals surface area contributed by atoms with Crippen molar-refractivity contribution in [1.82, 2.24) is 9.97 Å². The van der Waals surface area contributed by atoms with E-state index >= 15 is 0 Å². The van der Waals surface area contributed by atoms with E-state index < -0.39 is 0 Å². The minimum atomic E-state index is -0.0866. The number of nitrogens with zero attached hydrogens (tertiary/aromatic N) is 2. The molecule has 0 bridgehead atoms. The van der Waals surface area contributed by atoms with Crippen molar-refractivity contribution in [2.45, 2.75) is 12.8 Å². The number of carbonyl (C=O) groups is 1. The van der Waals surface area contributed by atoms with Gasteiger partial charge in [0, 0.05) is 24.4 Å². The van der Waals surface area contributed by atoms with Crippen LogP contribution in [0, 0.1) is 0 Å². The Balaban J connectivity index is 1.52. The number of carbonyl (C=O) groups excluding carboxylic acids is 1. The van der Waals surface area contributed by atoms with Crippen molar-refractivity contribution in [2.75, 3.05) is 5.32 Å². The summed E-state index contributed by atoms with van der Waals surface area (Å²) in [7, 11) is 0. The molecule has 25 heavy (non-hydrogen) atoms. The lowest BCUT2D eigenvalue weighted by Crippen LogP contribution is -2.14. The molecule has 0 radical (unpaired) electrons. The Morgan fingerprint density at radius 2 is 1.44 bits per heavy atom. The Morgan fingerprint density at radius 3 is 2.12 bits per heavy atom. The van der Waals surface area contributed by atoms with Gasteiger partial charge in [-0.2, -0.15) is 0 Å². The van der Waals surface area contributed by atoms with Crippen LogP contribution in [-0.2, 0) is 11.2 Å². The molecule has 3 aromatic rings. The molecular weight excluding hydrogens is 310 g/mol. The van der Waals surface area contributed by atoms with Crippen LogP contribution < -0.4 is 5.32 Å². The summed E-state index contributed by atoms with van der Waals surface area (Å²) in [4.78, 5) is 20.4. The molecule has 1 N–H and O–H groups in total. The second kappa shape index (κ2) is 8.55. The first-order valence-electron chi connectivity index (χ1n) is 8.18. The summed E-state index contributed by atoms with van der Waals surface area (Å²) in [5.74, 6) is 0.242. The summed E-state index contributed by atoms with van der Waals surface area (Å²) in [6.45, 7) is 0. The SMILES string of the molecule is O=C(CCc1ccccc1)Nc1ncc(/C=C/c2ccccc2)cn1. The highest BCUT2D eigenvalue weighted by Gasteiger charge is 2.04. The summed E-state index contributed by atoms with van der Waals surface area (Å²) in [5, 5.41) is 2.73. The third-order valence-corrected chi connectivity index (χ3v) is 3.67. The Morgan fingerprint density at radius 1 is 0.840 bits per heavy atom. The van der Waals surface area contributed by atoms with Crippen molar-refractivity contribution in [3.05, 3.63) is 89.7 Å². The molecule has 1 heterocycles. The van der Waals surface area contributed by atoms with E-state index in [1.54, 1.807) is 12.4 Å². The maximum Gasteiger partial charge on any atom is 0.229 e. The highest BCUT2D eigenvalue weighted by atomic mass is 16.1. The van der Waals surface area contributed by atoms with Gasteiger partial charge in [0.2, 0.25) is 11.9 Å². The Hall–Kier alpha value is -3.27. The van der Waals surface area contributed by atoms with Crippen LogP contribution in [0.3, 0.4) is 0 Å². The molecule has 124 valence electrons. The third kappa shape index (κ3) is 5.39. The minimum absolute atomic E-state index is 0.0866. The van der Waals surface area contributed by atoms with Crippen LogP contribution in [0.4, 0.5) is 5.95 Å². The molecule has 4 nitrogen and oxygen atoms in total. The molecule has 3 rings (SSSR count). The van der Waals surface area contributed by atoms with Crippen molar-refractivity contribution in [2.24, 2.45) is 0 Å². The standard InChI is InChI=1S/C21H19N3O/c25-20(14-13-18-9-5-2-6-10-18)24-21-22-15-19(16-23-21)12-11-17-7-3-1-4-8-17/h1-12,15-16H,13-14H2,(H,22,23,24,25)/b12-11+. The van der Waals surface area contributed by atoms with Gasteiger partial charge in [-0.25, -0.2) is 9.97 Å². The molecular formula is C21H19N3O. The normalized spacial score (nSPS) is 10.7. The summed E-state index contributed by atoms with van der Waals surface area (Å²) in [5.41, 5.74) is 3.13. The first-order chi connectivity index (χ1) is 12.3. The van der Waals surface area contributed by atoms with E-state index in [1.165, 1.54) is 0 Å². The number of aromatic nitrogens is 2. The fraction of sp³-hybridized carbons (Fsp3) is 0.0952. The fourth-order valence-corrected chi connectivity index (χ4v) is 2.33. The molecule has 0 aliphatic rings. The number of amides is 1. The van der Waals surface area contributed by atoms with E-state index in [0.29, 0.717) is 18.8 Å². The second-order valence-corrected chi connectivity index (χ2v) is 5.62. The number of anilines is 1. The van der Waals surface area contributed by atoms with Crippen molar-refractivity contribution >= 4 is 24.0 Å². The molecule has 0 aliphatic carbocycles. The molecule has 0 saturated carbocycles. The minimum Gasteiger partial charge on any atom is -0.295 e. The highest BCUT2D eigenvalue weighted by Crippen LogP contribution is 2.08. The first-order valence-corrected chi connectivity index (χ1v) is 8.18. The van der Waals surface area contributed by atoms with Gasteiger partial charge in [-0.1, -0.05) is 72.8 Å². The zero-order chi connectivity index (χ0) is 17.3. The Bertz CT molecular complexity index is 828. The maximum atomic E-state index is 12.0. The van der Waals surface area contributed by atoms with Crippen LogP contribution in [0.1, 0.15) is 23.1 Å². The molecule has 0 unspecified atom stereocenters.